The smallest absolute Gasteiger partial charge is 0.305 e. The van der Waals surface area contributed by atoms with E-state index in [2.05, 4.69) is 27.6 Å². The number of ether oxygens (including phenoxy) is 1. The Morgan fingerprint density at radius 1 is 0.783 bits per heavy atom. The van der Waals surface area contributed by atoms with Gasteiger partial charge < -0.3 is 4.74 Å². The number of methoxy groups -OCH3 is 1. The number of alkyl halides is 1. The molecule has 0 radical (unpaired) electrons. The fourth-order valence-electron chi connectivity index (χ4n) is 3.01. The highest BCUT2D eigenvalue weighted by atomic mass is 79.9. The highest BCUT2D eigenvalue weighted by molar-refractivity contribution is 9.09. The molecule has 0 amide bonds. The van der Waals surface area contributed by atoms with Crippen LogP contribution in [0, 0.1) is 5.92 Å². The van der Waals surface area contributed by atoms with Crippen LogP contribution in [0.3, 0.4) is 0 Å². The number of hydrogen-bond acceptors (Lipinski definition) is 2. The van der Waals surface area contributed by atoms with Gasteiger partial charge in [-0.05, 0) is 18.8 Å². The van der Waals surface area contributed by atoms with Crippen molar-refractivity contribution in [1.82, 2.24) is 0 Å². The molecule has 0 rings (SSSR count). The maximum Gasteiger partial charge on any atom is 0.305 e. The van der Waals surface area contributed by atoms with Crippen LogP contribution in [0.25, 0.3) is 0 Å². The van der Waals surface area contributed by atoms with Gasteiger partial charge in [-0.3, -0.25) is 4.79 Å². The van der Waals surface area contributed by atoms with Gasteiger partial charge in [-0.2, -0.15) is 0 Å². The first-order chi connectivity index (χ1) is 11.2. The molecule has 0 bridgehead atoms. The number of carbonyl (C=O) groups is 1. The minimum absolute atomic E-state index is 0.0676. The second kappa shape index (κ2) is 18.3. The molecule has 0 heterocycles. The molecule has 0 spiro atoms. The van der Waals surface area contributed by atoms with Crippen LogP contribution < -0.4 is 0 Å². The van der Waals surface area contributed by atoms with Crippen molar-refractivity contribution in [3.8, 4) is 0 Å². The average molecular weight is 391 g/mol. The van der Waals surface area contributed by atoms with Crippen molar-refractivity contribution < 1.29 is 9.53 Å². The quantitative estimate of drug-likeness (QED) is 0.151. The van der Waals surface area contributed by atoms with Crippen LogP contribution in [0.5, 0.6) is 0 Å². The van der Waals surface area contributed by atoms with E-state index in [1.165, 1.54) is 90.6 Å². The first-order valence-corrected chi connectivity index (χ1v) is 11.0. The van der Waals surface area contributed by atoms with Crippen molar-refractivity contribution in [1.29, 1.82) is 0 Å². The molecule has 0 aliphatic heterocycles. The topological polar surface area (TPSA) is 26.3 Å². The molecular weight excluding hydrogens is 352 g/mol. The lowest BCUT2D eigenvalue weighted by Gasteiger charge is -2.11. The number of halogens is 1. The minimum atomic E-state index is -0.0676. The van der Waals surface area contributed by atoms with Crippen LogP contribution >= 0.6 is 15.9 Å². The molecule has 0 aliphatic carbocycles. The van der Waals surface area contributed by atoms with Crippen molar-refractivity contribution in [3.05, 3.63) is 0 Å². The van der Waals surface area contributed by atoms with E-state index in [1.54, 1.807) is 0 Å². The van der Waals surface area contributed by atoms with Gasteiger partial charge in [-0.15, -0.1) is 0 Å². The molecule has 0 N–H and O–H groups in total. The number of carbonyl (C=O) groups excluding carboxylic acids is 1. The van der Waals surface area contributed by atoms with E-state index in [-0.39, 0.29) is 5.97 Å². The molecule has 0 aromatic carbocycles. The van der Waals surface area contributed by atoms with Gasteiger partial charge in [0.2, 0.25) is 0 Å². The van der Waals surface area contributed by atoms with Crippen LogP contribution in [0.15, 0.2) is 0 Å². The molecule has 0 aromatic rings. The summed E-state index contributed by atoms with van der Waals surface area (Å²) in [6.45, 7) is 2.42. The zero-order valence-corrected chi connectivity index (χ0v) is 17.2. The molecular formula is C20H39BrO2. The molecule has 0 saturated heterocycles. The molecule has 23 heavy (non-hydrogen) atoms. The summed E-state index contributed by atoms with van der Waals surface area (Å²) >= 11 is 3.49. The van der Waals surface area contributed by atoms with Gasteiger partial charge >= 0.3 is 5.97 Å². The Bertz CT molecular complexity index is 256. The summed E-state index contributed by atoms with van der Waals surface area (Å²) in [7, 11) is 1.47. The maximum absolute atomic E-state index is 11.0. The molecule has 0 fully saturated rings. The van der Waals surface area contributed by atoms with E-state index in [0.29, 0.717) is 6.42 Å². The van der Waals surface area contributed by atoms with Gasteiger partial charge in [0.1, 0.15) is 0 Å². The Morgan fingerprint density at radius 3 is 1.70 bits per heavy atom. The predicted octanol–water partition coefficient (Wildman–Crippen LogP) is 7.04. The highest BCUT2D eigenvalue weighted by Gasteiger charge is 2.03. The number of rotatable bonds is 17. The molecule has 0 saturated carbocycles. The van der Waals surface area contributed by atoms with E-state index in [1.807, 2.05) is 0 Å². The van der Waals surface area contributed by atoms with E-state index in [0.717, 1.165) is 17.7 Å². The lowest BCUT2D eigenvalue weighted by molar-refractivity contribution is -0.140. The van der Waals surface area contributed by atoms with Crippen LogP contribution in [0.2, 0.25) is 0 Å². The van der Waals surface area contributed by atoms with E-state index in [4.69, 9.17) is 0 Å². The number of esters is 1. The Balaban J connectivity index is 3.18. The van der Waals surface area contributed by atoms with Gasteiger partial charge in [0, 0.05) is 11.8 Å². The highest BCUT2D eigenvalue weighted by Crippen LogP contribution is 2.18. The van der Waals surface area contributed by atoms with Crippen LogP contribution in [0.4, 0.5) is 0 Å². The van der Waals surface area contributed by atoms with E-state index >= 15 is 0 Å². The maximum atomic E-state index is 11.0. The molecule has 138 valence electrons. The zero-order chi connectivity index (χ0) is 17.2. The summed E-state index contributed by atoms with van der Waals surface area (Å²) in [4.78, 5) is 11.0. The second-order valence-electron chi connectivity index (χ2n) is 6.94. The lowest BCUT2D eigenvalue weighted by Crippen LogP contribution is -1.99. The average Bonchev–Trinajstić information content (AvgIpc) is 2.56. The summed E-state index contributed by atoms with van der Waals surface area (Å²) < 4.78 is 4.65. The van der Waals surface area contributed by atoms with Gasteiger partial charge in [0.05, 0.1) is 7.11 Å². The lowest BCUT2D eigenvalue weighted by atomic mass is 9.96. The van der Waals surface area contributed by atoms with Gasteiger partial charge in [-0.25, -0.2) is 0 Å². The standard InChI is InChI=1S/C20H39BrO2/c1-19(16-12-8-5-6-10-14-18-21)15-11-7-3-4-9-13-17-20(22)23-2/h19H,3-18H2,1-2H3. The van der Waals surface area contributed by atoms with Crippen LogP contribution in [-0.4, -0.2) is 18.4 Å². The normalized spacial score (nSPS) is 12.3. The van der Waals surface area contributed by atoms with Crippen molar-refractivity contribution in [2.75, 3.05) is 12.4 Å². The summed E-state index contributed by atoms with van der Waals surface area (Å²) in [5.41, 5.74) is 0. The van der Waals surface area contributed by atoms with Crippen molar-refractivity contribution in [2.45, 2.75) is 103 Å². The fraction of sp³-hybridized carbons (Fsp3) is 0.950. The first-order valence-electron chi connectivity index (χ1n) is 9.83. The second-order valence-corrected chi connectivity index (χ2v) is 7.73. The largest absolute Gasteiger partial charge is 0.469 e. The molecule has 2 nitrogen and oxygen atoms in total. The van der Waals surface area contributed by atoms with Crippen molar-refractivity contribution >= 4 is 21.9 Å². The van der Waals surface area contributed by atoms with Crippen molar-refractivity contribution in [3.63, 3.8) is 0 Å². The number of unbranched alkanes of at least 4 members (excludes halogenated alkanes) is 10. The van der Waals surface area contributed by atoms with Crippen LogP contribution in [-0.2, 0) is 9.53 Å². The van der Waals surface area contributed by atoms with Crippen LogP contribution in [0.1, 0.15) is 103 Å². The summed E-state index contributed by atoms with van der Waals surface area (Å²) in [6, 6.07) is 0. The van der Waals surface area contributed by atoms with Gasteiger partial charge in [0.25, 0.3) is 0 Å². The third kappa shape index (κ3) is 18.1. The Hall–Kier alpha value is -0.0500. The molecule has 0 aliphatic rings. The first kappa shape index (κ1) is 22.9. The fourth-order valence-corrected chi connectivity index (χ4v) is 3.41. The molecule has 3 heteroatoms. The Morgan fingerprint density at radius 2 is 1.22 bits per heavy atom. The van der Waals surface area contributed by atoms with Gasteiger partial charge in [-0.1, -0.05) is 99.9 Å². The Kier molecular flexibility index (Phi) is 18.3. The molecule has 0 aromatic heterocycles. The van der Waals surface area contributed by atoms with Gasteiger partial charge in [0.15, 0.2) is 0 Å². The molecule has 1 atom stereocenters. The third-order valence-electron chi connectivity index (χ3n) is 4.64. The van der Waals surface area contributed by atoms with E-state index in [9.17, 15) is 4.79 Å². The summed E-state index contributed by atoms with van der Waals surface area (Å²) in [5, 5.41) is 1.16. The number of hydrogen-bond donors (Lipinski definition) is 0. The predicted molar refractivity (Wildman–Crippen MR) is 104 cm³/mol. The summed E-state index contributed by atoms with van der Waals surface area (Å²) in [6.07, 6.45) is 19.3. The summed E-state index contributed by atoms with van der Waals surface area (Å²) in [5.74, 6) is 0.832. The third-order valence-corrected chi connectivity index (χ3v) is 5.20. The molecule has 1 unspecified atom stereocenters. The SMILES string of the molecule is COC(=O)CCCCCCCCC(C)CCCCCCCCBr. The Labute approximate surface area is 153 Å². The minimum Gasteiger partial charge on any atom is -0.469 e. The zero-order valence-electron chi connectivity index (χ0n) is 15.6. The van der Waals surface area contributed by atoms with Crippen molar-refractivity contribution in [2.24, 2.45) is 5.92 Å². The van der Waals surface area contributed by atoms with E-state index < -0.39 is 0 Å². The monoisotopic (exact) mass is 390 g/mol.